The molecule has 2 heterocycles. The summed E-state index contributed by atoms with van der Waals surface area (Å²) in [6.45, 7) is 3.47. The van der Waals surface area contributed by atoms with E-state index in [0.29, 0.717) is 37.9 Å². The quantitative estimate of drug-likeness (QED) is 0.0696. The van der Waals surface area contributed by atoms with Crippen LogP contribution in [0.5, 0.6) is 0 Å². The van der Waals surface area contributed by atoms with Crippen LogP contribution in [-0.4, -0.2) is 63.1 Å². The van der Waals surface area contributed by atoms with Crippen molar-refractivity contribution in [2.75, 3.05) is 13.6 Å². The van der Waals surface area contributed by atoms with Crippen molar-refractivity contribution in [1.29, 1.82) is 0 Å². The van der Waals surface area contributed by atoms with Crippen molar-refractivity contribution in [3.05, 3.63) is 155 Å². The molecular formula is C52H56N4O6S2. The molecule has 3 N–H and O–H groups in total. The molecule has 5 aromatic carbocycles. The number of carbonyl (C=O) groups excluding carboxylic acids is 6. The van der Waals surface area contributed by atoms with Gasteiger partial charge in [-0.2, -0.15) is 0 Å². The molecule has 2 saturated heterocycles. The third-order valence-corrected chi connectivity index (χ3v) is 13.1. The lowest BCUT2D eigenvalue weighted by atomic mass is 10.00. The maximum absolute atomic E-state index is 12.6. The molecule has 0 saturated carbocycles. The van der Waals surface area contributed by atoms with Crippen LogP contribution in [0.25, 0.3) is 22.3 Å². The van der Waals surface area contributed by atoms with Crippen molar-refractivity contribution in [2.45, 2.75) is 88.2 Å². The molecule has 2 fully saturated rings. The Morgan fingerprint density at radius 1 is 0.578 bits per heavy atom. The fraction of sp³-hybridized carbons (Fsp3) is 0.308. The third-order valence-electron chi connectivity index (χ3n) is 11.1. The number of unbranched alkanes of at least 4 members (excludes halogenated alkanes) is 5. The van der Waals surface area contributed by atoms with Crippen molar-refractivity contribution >= 4 is 57.6 Å². The van der Waals surface area contributed by atoms with Gasteiger partial charge in [-0.3, -0.25) is 39.4 Å². The summed E-state index contributed by atoms with van der Waals surface area (Å²) in [5.41, 5.74) is 9.04. The molecule has 12 heteroatoms. The van der Waals surface area contributed by atoms with Gasteiger partial charge in [-0.15, -0.1) is 0 Å². The second-order valence-electron chi connectivity index (χ2n) is 16.1. The van der Waals surface area contributed by atoms with Gasteiger partial charge in [-0.1, -0.05) is 172 Å². The standard InChI is InChI=1S/C27H26N2O3S.C25H30N2O3S/c1-29(25(30)15-12-19-6-3-2-4-7-19)18-21-8-5-9-23(16-21)22-13-10-20(11-14-22)17-24-26(31)28-27(32)33-24;1-2-3-4-5-6-7-15-26-23(28)21-10-8-9-20(17-21)19-13-11-18(12-14-19)16-22-24(29)27-25(30)31-22/h2-11,13-14,16,24H,12,15,17-18H2,1H3,(H,28,31,32);8-14,17,22H,2-7,15-16H2,1H3,(H,26,28)(H,27,29,30). The van der Waals surface area contributed by atoms with E-state index in [1.54, 1.807) is 4.90 Å². The summed E-state index contributed by atoms with van der Waals surface area (Å²) in [6, 6.07) is 41.8. The summed E-state index contributed by atoms with van der Waals surface area (Å²) < 4.78 is 0. The number of rotatable bonds is 19. The highest BCUT2D eigenvalue weighted by Crippen LogP contribution is 2.28. The molecular weight excluding hydrogens is 841 g/mol. The first-order valence-electron chi connectivity index (χ1n) is 22.0. The zero-order valence-corrected chi connectivity index (χ0v) is 38.1. The van der Waals surface area contributed by atoms with E-state index >= 15 is 0 Å². The number of nitrogens with one attached hydrogen (secondary N) is 3. The molecule has 7 rings (SSSR count). The lowest BCUT2D eigenvalue weighted by Crippen LogP contribution is -2.26. The fourth-order valence-corrected chi connectivity index (χ4v) is 9.22. The smallest absolute Gasteiger partial charge is 0.286 e. The van der Waals surface area contributed by atoms with Gasteiger partial charge in [0, 0.05) is 32.1 Å². The predicted octanol–water partition coefficient (Wildman–Crippen LogP) is 10.2. The first-order valence-corrected chi connectivity index (χ1v) is 23.8. The largest absolute Gasteiger partial charge is 0.352 e. The van der Waals surface area contributed by atoms with E-state index in [1.807, 2.05) is 122 Å². The average Bonchev–Trinajstić information content (AvgIpc) is 3.81. The van der Waals surface area contributed by atoms with Gasteiger partial charge in [0.1, 0.15) is 0 Å². The van der Waals surface area contributed by atoms with E-state index in [0.717, 1.165) is 81.7 Å². The Kier molecular flexibility index (Phi) is 17.9. The Morgan fingerprint density at radius 2 is 1.11 bits per heavy atom. The summed E-state index contributed by atoms with van der Waals surface area (Å²) in [6.07, 6.45) is 9.48. The minimum atomic E-state index is -0.364. The fourth-order valence-electron chi connectivity index (χ4n) is 7.50. The Labute approximate surface area is 384 Å². The monoisotopic (exact) mass is 896 g/mol. The zero-order chi connectivity index (χ0) is 45.3. The molecule has 0 aromatic heterocycles. The summed E-state index contributed by atoms with van der Waals surface area (Å²) in [5.74, 6) is -0.357. The first-order chi connectivity index (χ1) is 31.0. The second kappa shape index (κ2) is 24.2. The van der Waals surface area contributed by atoms with Crippen LogP contribution in [0.15, 0.2) is 127 Å². The van der Waals surface area contributed by atoms with E-state index < -0.39 is 0 Å². The number of thioether (sulfide) groups is 2. The van der Waals surface area contributed by atoms with Crippen LogP contribution in [0.1, 0.15) is 84.5 Å². The maximum Gasteiger partial charge on any atom is 0.286 e. The molecule has 2 atom stereocenters. The van der Waals surface area contributed by atoms with E-state index in [1.165, 1.54) is 31.2 Å². The number of benzene rings is 5. The molecule has 64 heavy (non-hydrogen) atoms. The van der Waals surface area contributed by atoms with Crippen molar-refractivity contribution in [2.24, 2.45) is 0 Å². The van der Waals surface area contributed by atoms with Gasteiger partial charge in [0.25, 0.3) is 16.4 Å². The second-order valence-corrected chi connectivity index (χ2v) is 18.5. The molecule has 2 unspecified atom stereocenters. The van der Waals surface area contributed by atoms with Crippen molar-refractivity contribution in [3.63, 3.8) is 0 Å². The highest BCUT2D eigenvalue weighted by atomic mass is 32.2. The van der Waals surface area contributed by atoms with Crippen LogP contribution in [0.4, 0.5) is 9.59 Å². The summed E-state index contributed by atoms with van der Waals surface area (Å²) >= 11 is 2.09. The number of carbonyl (C=O) groups is 6. The van der Waals surface area contributed by atoms with E-state index in [2.05, 4.69) is 35.0 Å². The molecule has 332 valence electrons. The number of aryl methyl sites for hydroxylation is 1. The van der Waals surface area contributed by atoms with Gasteiger partial charge in [0.2, 0.25) is 17.7 Å². The Morgan fingerprint density at radius 3 is 1.67 bits per heavy atom. The lowest BCUT2D eigenvalue weighted by molar-refractivity contribution is -0.130. The predicted molar refractivity (Wildman–Crippen MR) is 258 cm³/mol. The molecule has 0 radical (unpaired) electrons. The van der Waals surface area contributed by atoms with Crippen LogP contribution in [0, 0.1) is 0 Å². The molecule has 5 aromatic rings. The van der Waals surface area contributed by atoms with Gasteiger partial charge in [-0.25, -0.2) is 0 Å². The summed E-state index contributed by atoms with van der Waals surface area (Å²) in [7, 11) is 1.84. The number of imide groups is 2. The molecule has 0 aliphatic carbocycles. The van der Waals surface area contributed by atoms with Gasteiger partial charge < -0.3 is 10.2 Å². The first kappa shape index (κ1) is 47.5. The number of amides is 6. The average molecular weight is 897 g/mol. The highest BCUT2D eigenvalue weighted by molar-refractivity contribution is 8.15. The molecule has 2 aliphatic heterocycles. The topological polar surface area (TPSA) is 142 Å². The molecule has 2 aliphatic rings. The SMILES string of the molecule is CCCCCCCCNC(=O)c1cccc(-c2ccc(CC3SC(=O)NC3=O)cc2)c1.CN(Cc1cccc(-c2ccc(CC3SC(=O)NC3=O)cc2)c1)C(=O)CCc1ccccc1. The minimum absolute atomic E-state index is 0.0408. The molecule has 0 spiro atoms. The Bertz CT molecular complexity index is 2390. The highest BCUT2D eigenvalue weighted by Gasteiger charge is 2.32. The van der Waals surface area contributed by atoms with E-state index in [9.17, 15) is 28.8 Å². The molecule has 6 amide bonds. The number of hydrogen-bond donors (Lipinski definition) is 3. The Hall–Kier alpha value is -5.98. The summed E-state index contributed by atoms with van der Waals surface area (Å²) in [4.78, 5) is 73.0. The normalized spacial score (nSPS) is 15.5. The van der Waals surface area contributed by atoms with Gasteiger partial charge in [0.15, 0.2) is 0 Å². The van der Waals surface area contributed by atoms with Crippen molar-refractivity contribution < 1.29 is 28.8 Å². The Balaban J connectivity index is 0.000000213. The van der Waals surface area contributed by atoms with Crippen molar-refractivity contribution in [1.82, 2.24) is 20.9 Å². The molecule has 10 nitrogen and oxygen atoms in total. The van der Waals surface area contributed by atoms with Crippen LogP contribution >= 0.6 is 23.5 Å². The minimum Gasteiger partial charge on any atom is -0.352 e. The van der Waals surface area contributed by atoms with Crippen LogP contribution < -0.4 is 16.0 Å². The van der Waals surface area contributed by atoms with Gasteiger partial charge in [-0.05, 0) is 88.4 Å². The third kappa shape index (κ3) is 14.5. The van der Waals surface area contributed by atoms with E-state index in [-0.39, 0.29) is 44.6 Å². The number of hydrogen-bond acceptors (Lipinski definition) is 8. The maximum atomic E-state index is 12.6. The van der Waals surface area contributed by atoms with Crippen LogP contribution in [-0.2, 0) is 40.2 Å². The molecule has 0 bridgehead atoms. The van der Waals surface area contributed by atoms with E-state index in [4.69, 9.17) is 0 Å². The van der Waals surface area contributed by atoms with Crippen LogP contribution in [0.3, 0.4) is 0 Å². The van der Waals surface area contributed by atoms with Gasteiger partial charge >= 0.3 is 0 Å². The summed E-state index contributed by atoms with van der Waals surface area (Å²) in [5, 5.41) is 6.39. The zero-order valence-electron chi connectivity index (χ0n) is 36.5. The van der Waals surface area contributed by atoms with Crippen molar-refractivity contribution in [3.8, 4) is 22.3 Å². The van der Waals surface area contributed by atoms with Gasteiger partial charge in [0.05, 0.1) is 10.5 Å². The lowest BCUT2D eigenvalue weighted by Gasteiger charge is -2.18. The number of nitrogens with zero attached hydrogens (tertiary/aromatic N) is 1. The van der Waals surface area contributed by atoms with Crippen LogP contribution in [0.2, 0.25) is 0 Å².